The van der Waals surface area contributed by atoms with Gasteiger partial charge in [0.05, 0.1) is 6.20 Å². The second-order valence-electron chi connectivity index (χ2n) is 2.41. The van der Waals surface area contributed by atoms with E-state index in [0.29, 0.717) is 0 Å². The van der Waals surface area contributed by atoms with E-state index in [4.69, 9.17) is 0 Å². The molecule has 1 heterocycles. The molecule has 0 aliphatic carbocycles. The molecule has 2 nitrogen and oxygen atoms in total. The third-order valence-corrected chi connectivity index (χ3v) is 1.60. The summed E-state index contributed by atoms with van der Waals surface area (Å²) in [7, 11) is 0. The molecule has 0 saturated heterocycles. The molecule has 3 heteroatoms. The summed E-state index contributed by atoms with van der Waals surface area (Å²) in [5.74, 6) is -0.353. The second-order valence-corrected chi connectivity index (χ2v) is 2.41. The molecule has 0 spiro atoms. The van der Waals surface area contributed by atoms with Crippen molar-refractivity contribution < 1.29 is 4.39 Å². The van der Waals surface area contributed by atoms with Crippen LogP contribution in [-0.4, -0.2) is 10.2 Å². The minimum absolute atomic E-state index is 0.353. The summed E-state index contributed by atoms with van der Waals surface area (Å²) < 4.78 is 12.7. The lowest BCUT2D eigenvalue weighted by Gasteiger charge is -1.94. The first-order chi connectivity index (χ1) is 5.86. The van der Waals surface area contributed by atoms with Gasteiger partial charge in [-0.25, -0.2) is 4.39 Å². The van der Waals surface area contributed by atoms with Gasteiger partial charge in [-0.1, -0.05) is 12.1 Å². The van der Waals surface area contributed by atoms with Crippen LogP contribution in [0.5, 0.6) is 0 Å². The summed E-state index contributed by atoms with van der Waals surface area (Å²) in [6.07, 6.45) is 3.36. The number of benzene rings is 1. The molecule has 59 valence electrons. The van der Waals surface area contributed by atoms with E-state index in [1.807, 2.05) is 0 Å². The Balaban J connectivity index is 2.48. The van der Waals surface area contributed by atoms with E-state index in [0.717, 1.165) is 11.1 Å². The fourth-order valence-electron chi connectivity index (χ4n) is 1.03. The van der Waals surface area contributed by atoms with Crippen molar-refractivity contribution in [3.05, 3.63) is 42.5 Å². The van der Waals surface area contributed by atoms with Crippen molar-refractivity contribution in [1.29, 1.82) is 0 Å². The molecule has 1 aromatic heterocycles. The average Bonchev–Trinajstić information content (AvgIpc) is 2.56. The maximum Gasteiger partial charge on any atom is 0.131 e. The molecule has 2 aromatic rings. The van der Waals surface area contributed by atoms with Crippen LogP contribution in [0.3, 0.4) is 0 Å². The van der Waals surface area contributed by atoms with Gasteiger partial charge in [0.2, 0.25) is 0 Å². The van der Waals surface area contributed by atoms with Crippen molar-refractivity contribution >= 4 is 0 Å². The van der Waals surface area contributed by atoms with Gasteiger partial charge in [0, 0.05) is 17.8 Å². The number of nitrogens with zero attached hydrogens (tertiary/aromatic N) is 1. The van der Waals surface area contributed by atoms with Crippen LogP contribution >= 0.6 is 0 Å². The van der Waals surface area contributed by atoms with Crippen LogP contribution in [0, 0.1) is 11.9 Å². The predicted molar refractivity (Wildman–Crippen MR) is 42.8 cm³/mol. The van der Waals surface area contributed by atoms with Crippen molar-refractivity contribution in [3.63, 3.8) is 0 Å². The first kappa shape index (κ1) is 7.03. The lowest BCUT2D eigenvalue weighted by molar-refractivity contribution is 0.626. The number of H-pyrrole nitrogens is 1. The summed E-state index contributed by atoms with van der Waals surface area (Å²) in [5, 5.41) is 6.44. The van der Waals surface area contributed by atoms with Crippen molar-refractivity contribution in [2.24, 2.45) is 0 Å². The van der Waals surface area contributed by atoms with Crippen LogP contribution < -0.4 is 0 Å². The zero-order valence-electron chi connectivity index (χ0n) is 6.21. The van der Waals surface area contributed by atoms with Crippen molar-refractivity contribution in [2.75, 3.05) is 0 Å². The molecule has 0 unspecified atom stereocenters. The summed E-state index contributed by atoms with van der Waals surface area (Å²) >= 11 is 0. The lowest BCUT2D eigenvalue weighted by Crippen LogP contribution is -1.76. The quantitative estimate of drug-likeness (QED) is 0.681. The molecule has 1 aromatic carbocycles. The zero-order valence-corrected chi connectivity index (χ0v) is 6.21. The molecule has 0 bridgehead atoms. The number of aromatic nitrogens is 2. The number of rotatable bonds is 1. The maximum absolute atomic E-state index is 12.7. The van der Waals surface area contributed by atoms with E-state index in [1.165, 1.54) is 6.07 Å². The van der Waals surface area contributed by atoms with Crippen LogP contribution in [0.2, 0.25) is 0 Å². The van der Waals surface area contributed by atoms with Crippen LogP contribution in [0.4, 0.5) is 4.39 Å². The highest BCUT2D eigenvalue weighted by Gasteiger charge is 1.98. The van der Waals surface area contributed by atoms with Crippen LogP contribution in [-0.2, 0) is 0 Å². The number of nitrogens with one attached hydrogen (secondary N) is 1. The largest absolute Gasteiger partial charge is 0.285 e. The molecule has 0 saturated carbocycles. The molecule has 1 N–H and O–H groups in total. The Bertz CT molecular complexity index is 368. The minimum atomic E-state index is -0.353. The van der Waals surface area contributed by atoms with Crippen molar-refractivity contribution in [3.8, 4) is 11.1 Å². The minimum Gasteiger partial charge on any atom is -0.285 e. The van der Waals surface area contributed by atoms with E-state index in [-0.39, 0.29) is 5.82 Å². The zero-order chi connectivity index (χ0) is 8.39. The Morgan fingerprint density at radius 1 is 1.42 bits per heavy atom. The average molecular weight is 161 g/mol. The van der Waals surface area contributed by atoms with Gasteiger partial charge in [-0.2, -0.15) is 5.10 Å². The topological polar surface area (TPSA) is 28.7 Å². The highest BCUT2D eigenvalue weighted by atomic mass is 19.1. The third-order valence-electron chi connectivity index (χ3n) is 1.60. The molecule has 0 fully saturated rings. The standard InChI is InChI=1S/C9H6FN2/c10-9-3-1-2-7(4-9)8-5-11-12-6-8/h1-2,4-6H,(H,11,12). The SMILES string of the molecule is Fc1[c]ccc(-c2cn[nH]c2)c1. The van der Waals surface area contributed by atoms with Gasteiger partial charge in [-0.3, -0.25) is 5.10 Å². The molecule has 2 rings (SSSR count). The van der Waals surface area contributed by atoms with Gasteiger partial charge in [0.1, 0.15) is 5.82 Å². The highest BCUT2D eigenvalue weighted by molar-refractivity contribution is 5.61. The summed E-state index contributed by atoms with van der Waals surface area (Å²) in [4.78, 5) is 0. The summed E-state index contributed by atoms with van der Waals surface area (Å²) in [6, 6.07) is 7.20. The van der Waals surface area contributed by atoms with Gasteiger partial charge in [-0.05, 0) is 11.6 Å². The normalized spacial score (nSPS) is 10.1. The Hall–Kier alpha value is -1.64. The number of hydrogen-bond acceptors (Lipinski definition) is 1. The van der Waals surface area contributed by atoms with Gasteiger partial charge in [-0.15, -0.1) is 0 Å². The molecular formula is C9H6FN2. The molecular weight excluding hydrogens is 155 g/mol. The van der Waals surface area contributed by atoms with Gasteiger partial charge >= 0.3 is 0 Å². The highest BCUT2D eigenvalue weighted by Crippen LogP contribution is 2.17. The van der Waals surface area contributed by atoms with E-state index in [9.17, 15) is 4.39 Å². The number of halogens is 1. The third kappa shape index (κ3) is 1.21. The Kier molecular flexibility index (Phi) is 1.63. The molecule has 1 radical (unpaired) electrons. The summed E-state index contributed by atoms with van der Waals surface area (Å²) in [5.41, 5.74) is 1.68. The summed E-state index contributed by atoms with van der Waals surface area (Å²) in [6.45, 7) is 0. The predicted octanol–water partition coefficient (Wildman–Crippen LogP) is 2.02. The van der Waals surface area contributed by atoms with E-state index < -0.39 is 0 Å². The van der Waals surface area contributed by atoms with E-state index in [1.54, 1.807) is 24.5 Å². The number of hydrogen-bond donors (Lipinski definition) is 1. The first-order valence-corrected chi connectivity index (χ1v) is 3.52. The smallest absolute Gasteiger partial charge is 0.131 e. The van der Waals surface area contributed by atoms with Gasteiger partial charge in [0.15, 0.2) is 0 Å². The Morgan fingerprint density at radius 2 is 2.33 bits per heavy atom. The van der Waals surface area contributed by atoms with Gasteiger partial charge < -0.3 is 0 Å². The van der Waals surface area contributed by atoms with E-state index >= 15 is 0 Å². The fourth-order valence-corrected chi connectivity index (χ4v) is 1.03. The van der Waals surface area contributed by atoms with Crippen LogP contribution in [0.15, 0.2) is 30.6 Å². The second kappa shape index (κ2) is 2.77. The molecule has 0 aliphatic rings. The lowest BCUT2D eigenvalue weighted by atomic mass is 10.1. The Labute approximate surface area is 69.1 Å². The molecule has 0 amide bonds. The maximum atomic E-state index is 12.7. The number of aromatic amines is 1. The van der Waals surface area contributed by atoms with Gasteiger partial charge in [0.25, 0.3) is 0 Å². The fraction of sp³-hybridized carbons (Fsp3) is 0. The van der Waals surface area contributed by atoms with Crippen molar-refractivity contribution in [1.82, 2.24) is 10.2 Å². The molecule has 0 atom stereocenters. The van der Waals surface area contributed by atoms with Crippen molar-refractivity contribution in [2.45, 2.75) is 0 Å². The van der Waals surface area contributed by atoms with Crippen LogP contribution in [0.25, 0.3) is 11.1 Å². The molecule has 12 heavy (non-hydrogen) atoms. The Morgan fingerprint density at radius 3 is 3.00 bits per heavy atom. The molecule has 0 aliphatic heterocycles. The van der Waals surface area contributed by atoms with Crippen LogP contribution in [0.1, 0.15) is 0 Å². The first-order valence-electron chi connectivity index (χ1n) is 3.52. The van der Waals surface area contributed by atoms with E-state index in [2.05, 4.69) is 16.3 Å². The monoisotopic (exact) mass is 161 g/mol.